The molecule has 6 heteroatoms. The first kappa shape index (κ1) is 13.0. The molecule has 0 saturated carbocycles. The van der Waals surface area contributed by atoms with Gasteiger partial charge in [0.1, 0.15) is 5.52 Å². The van der Waals surface area contributed by atoms with Crippen molar-refractivity contribution < 1.29 is 12.8 Å². The highest BCUT2D eigenvalue weighted by atomic mass is 32.2. The molecule has 1 aromatic heterocycles. The molecule has 18 heavy (non-hydrogen) atoms. The Morgan fingerprint density at radius 1 is 1.39 bits per heavy atom. The van der Waals surface area contributed by atoms with Crippen LogP contribution in [0.3, 0.4) is 0 Å². The van der Waals surface area contributed by atoms with E-state index >= 15 is 0 Å². The van der Waals surface area contributed by atoms with Crippen LogP contribution in [0.4, 0.5) is 0 Å². The lowest BCUT2D eigenvalue weighted by atomic mass is 10.1. The lowest BCUT2D eigenvalue weighted by Crippen LogP contribution is -2.27. The summed E-state index contributed by atoms with van der Waals surface area (Å²) in [6.07, 6.45) is 0.640. The predicted octanol–water partition coefficient (Wildman–Crippen LogP) is 1.62. The second kappa shape index (κ2) is 5.07. The van der Waals surface area contributed by atoms with Crippen LogP contribution in [0.2, 0.25) is 0 Å². The molecule has 2 rings (SSSR count). The van der Waals surface area contributed by atoms with Gasteiger partial charge in [-0.3, -0.25) is 0 Å². The van der Waals surface area contributed by atoms with Crippen molar-refractivity contribution in [2.24, 2.45) is 0 Å². The minimum absolute atomic E-state index is 0.106. The van der Waals surface area contributed by atoms with Crippen molar-refractivity contribution in [3.8, 4) is 0 Å². The lowest BCUT2D eigenvalue weighted by molar-refractivity contribution is 0.561. The van der Waals surface area contributed by atoms with Gasteiger partial charge in [0.05, 0.1) is 5.75 Å². The number of oxazole rings is 1. The molecule has 0 fully saturated rings. The molecule has 0 unspecified atom stereocenters. The highest BCUT2D eigenvalue weighted by molar-refractivity contribution is 7.89. The number of rotatable bonds is 5. The van der Waals surface area contributed by atoms with Crippen LogP contribution in [0.15, 0.2) is 22.6 Å². The third-order valence-corrected chi connectivity index (χ3v) is 4.08. The number of aryl methyl sites for hydroxylation is 1. The Bertz CT molecular complexity index is 646. The summed E-state index contributed by atoms with van der Waals surface area (Å²) in [6, 6.07) is 5.71. The van der Waals surface area contributed by atoms with Crippen molar-refractivity contribution in [1.82, 2.24) is 9.71 Å². The third-order valence-electron chi connectivity index (χ3n) is 2.67. The molecule has 0 aliphatic carbocycles. The molecule has 0 atom stereocenters. The van der Waals surface area contributed by atoms with Crippen LogP contribution in [0.5, 0.6) is 0 Å². The summed E-state index contributed by atoms with van der Waals surface area (Å²) >= 11 is 0. The van der Waals surface area contributed by atoms with Gasteiger partial charge in [-0.15, -0.1) is 0 Å². The molecule has 1 heterocycles. The second-order valence-corrected chi connectivity index (χ2v) is 6.18. The van der Waals surface area contributed by atoms with Gasteiger partial charge in [-0.05, 0) is 31.0 Å². The van der Waals surface area contributed by atoms with Crippen molar-refractivity contribution in [2.75, 3.05) is 12.3 Å². The van der Waals surface area contributed by atoms with E-state index in [9.17, 15) is 8.42 Å². The first-order valence-electron chi connectivity index (χ1n) is 5.83. The van der Waals surface area contributed by atoms with Crippen LogP contribution >= 0.6 is 0 Å². The van der Waals surface area contributed by atoms with Gasteiger partial charge in [0.15, 0.2) is 11.5 Å². The molecule has 0 amide bonds. The van der Waals surface area contributed by atoms with Gasteiger partial charge in [-0.2, -0.15) is 0 Å². The quantitative estimate of drug-likeness (QED) is 0.894. The van der Waals surface area contributed by atoms with E-state index in [1.54, 1.807) is 13.8 Å². The average Bonchev–Trinajstić information content (AvgIpc) is 2.68. The maximum atomic E-state index is 11.3. The minimum Gasteiger partial charge on any atom is -0.441 e. The van der Waals surface area contributed by atoms with Crippen LogP contribution in [0.25, 0.3) is 11.1 Å². The summed E-state index contributed by atoms with van der Waals surface area (Å²) in [5.41, 5.74) is 2.60. The van der Waals surface area contributed by atoms with Gasteiger partial charge in [0.25, 0.3) is 0 Å². The zero-order valence-electron chi connectivity index (χ0n) is 10.4. The van der Waals surface area contributed by atoms with E-state index in [0.29, 0.717) is 18.9 Å². The van der Waals surface area contributed by atoms with Crippen molar-refractivity contribution in [1.29, 1.82) is 0 Å². The smallest absolute Gasteiger partial charge is 0.211 e. The Labute approximate surface area is 106 Å². The summed E-state index contributed by atoms with van der Waals surface area (Å²) < 4.78 is 30.4. The zero-order chi connectivity index (χ0) is 13.2. The number of hydrogen-bond donors (Lipinski definition) is 1. The fraction of sp³-hybridized carbons (Fsp3) is 0.417. The summed E-state index contributed by atoms with van der Waals surface area (Å²) in [4.78, 5) is 4.24. The van der Waals surface area contributed by atoms with Crippen LogP contribution in [0.1, 0.15) is 18.4 Å². The Hall–Kier alpha value is -1.40. The highest BCUT2D eigenvalue weighted by Crippen LogP contribution is 2.16. The molecule has 5 nitrogen and oxygen atoms in total. The zero-order valence-corrected chi connectivity index (χ0v) is 11.3. The number of nitrogens with one attached hydrogen (secondary N) is 1. The van der Waals surface area contributed by atoms with E-state index in [-0.39, 0.29) is 5.75 Å². The molecule has 1 aromatic carbocycles. The number of sulfonamides is 1. The maximum Gasteiger partial charge on any atom is 0.211 e. The fourth-order valence-electron chi connectivity index (χ4n) is 1.70. The summed E-state index contributed by atoms with van der Waals surface area (Å²) in [5, 5.41) is 0. The van der Waals surface area contributed by atoms with Crippen molar-refractivity contribution in [2.45, 2.75) is 20.3 Å². The Balaban J connectivity index is 2.04. The van der Waals surface area contributed by atoms with E-state index in [4.69, 9.17) is 4.42 Å². The van der Waals surface area contributed by atoms with Crippen molar-refractivity contribution in [3.05, 3.63) is 29.7 Å². The van der Waals surface area contributed by atoms with Gasteiger partial charge in [0, 0.05) is 13.5 Å². The van der Waals surface area contributed by atoms with E-state index < -0.39 is 10.0 Å². The Kier molecular flexibility index (Phi) is 3.68. The van der Waals surface area contributed by atoms with Gasteiger partial charge in [-0.1, -0.05) is 6.07 Å². The SMILES string of the molecule is CCS(=O)(=O)NCCc1ccc2oc(C)nc2c1. The van der Waals surface area contributed by atoms with Crippen LogP contribution < -0.4 is 4.72 Å². The monoisotopic (exact) mass is 268 g/mol. The molecule has 0 aliphatic rings. The number of hydrogen-bond acceptors (Lipinski definition) is 4. The van der Waals surface area contributed by atoms with E-state index in [2.05, 4.69) is 9.71 Å². The number of benzene rings is 1. The topological polar surface area (TPSA) is 72.2 Å². The van der Waals surface area contributed by atoms with Gasteiger partial charge < -0.3 is 4.42 Å². The first-order chi connectivity index (χ1) is 8.50. The Morgan fingerprint density at radius 3 is 2.89 bits per heavy atom. The van der Waals surface area contributed by atoms with Gasteiger partial charge in [-0.25, -0.2) is 18.1 Å². The maximum absolute atomic E-state index is 11.3. The largest absolute Gasteiger partial charge is 0.441 e. The number of aromatic nitrogens is 1. The Morgan fingerprint density at radius 2 is 2.17 bits per heavy atom. The minimum atomic E-state index is -3.11. The molecule has 0 bridgehead atoms. The molecule has 98 valence electrons. The van der Waals surface area contributed by atoms with Gasteiger partial charge >= 0.3 is 0 Å². The molecule has 0 saturated heterocycles. The van der Waals surface area contributed by atoms with E-state index in [1.807, 2.05) is 18.2 Å². The van der Waals surface area contributed by atoms with Gasteiger partial charge in [0.2, 0.25) is 10.0 Å². The number of fused-ring (bicyclic) bond motifs is 1. The number of nitrogens with zero attached hydrogens (tertiary/aromatic N) is 1. The summed E-state index contributed by atoms with van der Waals surface area (Å²) in [5.74, 6) is 0.739. The third kappa shape index (κ3) is 3.08. The molecular weight excluding hydrogens is 252 g/mol. The van der Waals surface area contributed by atoms with Crippen LogP contribution in [0, 0.1) is 6.92 Å². The highest BCUT2D eigenvalue weighted by Gasteiger charge is 2.06. The van der Waals surface area contributed by atoms with Crippen LogP contribution in [-0.4, -0.2) is 25.7 Å². The summed E-state index contributed by atoms with van der Waals surface area (Å²) in [6.45, 7) is 3.82. The van der Waals surface area contributed by atoms with Crippen LogP contribution in [-0.2, 0) is 16.4 Å². The molecule has 0 aliphatic heterocycles. The fourth-order valence-corrected chi connectivity index (χ4v) is 2.31. The molecule has 0 spiro atoms. The van der Waals surface area contributed by atoms with Crippen molar-refractivity contribution in [3.63, 3.8) is 0 Å². The molecule has 2 aromatic rings. The molecule has 1 N–H and O–H groups in total. The molecular formula is C12H16N2O3S. The summed E-state index contributed by atoms with van der Waals surface area (Å²) in [7, 11) is -3.11. The first-order valence-corrected chi connectivity index (χ1v) is 7.49. The average molecular weight is 268 g/mol. The van der Waals surface area contributed by atoms with E-state index in [1.165, 1.54) is 0 Å². The second-order valence-electron chi connectivity index (χ2n) is 4.08. The van der Waals surface area contributed by atoms with E-state index in [0.717, 1.165) is 16.7 Å². The normalized spacial score (nSPS) is 12.1. The molecule has 0 radical (unpaired) electrons. The predicted molar refractivity (Wildman–Crippen MR) is 69.9 cm³/mol. The standard InChI is InChI=1S/C12H16N2O3S/c1-3-18(15,16)13-7-6-10-4-5-12-11(8-10)14-9(2)17-12/h4-5,8,13H,3,6-7H2,1-2H3. The van der Waals surface area contributed by atoms with Crippen molar-refractivity contribution >= 4 is 21.1 Å². The lowest BCUT2D eigenvalue weighted by Gasteiger charge is -2.04.